The number of nitrogens with zero attached hydrogens (tertiary/aromatic N) is 1. The zero-order valence-corrected chi connectivity index (χ0v) is 11.5. The minimum Gasteiger partial charge on any atom is -0.492 e. The van der Waals surface area contributed by atoms with E-state index in [-0.39, 0.29) is 5.88 Å². The summed E-state index contributed by atoms with van der Waals surface area (Å²) in [6.07, 6.45) is 7.81. The minimum atomic E-state index is 0.209. The monoisotopic (exact) mass is 254 g/mol. The fraction of sp³-hybridized carbons (Fsp3) is 0.769. The molecule has 4 heteroatoms. The van der Waals surface area contributed by atoms with E-state index in [0.29, 0.717) is 12.0 Å². The molecule has 0 spiro atoms. The number of nitrogens with one attached hydrogen (secondary N) is 1. The molecule has 1 heterocycles. The average molecular weight is 254 g/mol. The van der Waals surface area contributed by atoms with E-state index in [9.17, 15) is 5.11 Å². The molecule has 0 saturated heterocycles. The van der Waals surface area contributed by atoms with E-state index in [1.54, 1.807) is 11.3 Å². The Morgan fingerprint density at radius 2 is 1.88 bits per heavy atom. The lowest BCUT2D eigenvalue weighted by atomic mass is 10.1. The van der Waals surface area contributed by atoms with Gasteiger partial charge in [-0.3, -0.25) is 0 Å². The summed E-state index contributed by atoms with van der Waals surface area (Å²) in [5.74, 6) is 0.554. The third-order valence-electron chi connectivity index (χ3n) is 3.34. The molecule has 0 bridgehead atoms. The molecule has 0 amide bonds. The molecule has 1 fully saturated rings. The number of hydrogen-bond donors (Lipinski definition) is 2. The fourth-order valence-corrected chi connectivity index (χ4v) is 3.30. The Bertz CT molecular complexity index is 354. The number of thiazole rings is 1. The van der Waals surface area contributed by atoms with Crippen molar-refractivity contribution in [2.24, 2.45) is 0 Å². The molecule has 1 aromatic rings. The summed E-state index contributed by atoms with van der Waals surface area (Å²) < 4.78 is 0. The van der Waals surface area contributed by atoms with E-state index < -0.39 is 0 Å². The van der Waals surface area contributed by atoms with Crippen molar-refractivity contribution >= 4 is 16.5 Å². The molecule has 17 heavy (non-hydrogen) atoms. The van der Waals surface area contributed by atoms with Gasteiger partial charge in [-0.25, -0.2) is 0 Å². The van der Waals surface area contributed by atoms with Crippen LogP contribution in [-0.4, -0.2) is 16.1 Å². The van der Waals surface area contributed by atoms with Gasteiger partial charge in [0.15, 0.2) is 5.13 Å². The van der Waals surface area contributed by atoms with Crippen LogP contribution in [0.2, 0.25) is 0 Å². The fourth-order valence-electron chi connectivity index (χ4n) is 2.36. The van der Waals surface area contributed by atoms with Crippen molar-refractivity contribution < 1.29 is 5.11 Å². The third kappa shape index (κ3) is 3.35. The van der Waals surface area contributed by atoms with Crippen molar-refractivity contribution in [3.63, 3.8) is 0 Å². The lowest BCUT2D eigenvalue weighted by Gasteiger charge is -2.14. The van der Waals surface area contributed by atoms with Gasteiger partial charge in [-0.1, -0.05) is 50.9 Å². The Balaban J connectivity index is 2.00. The summed E-state index contributed by atoms with van der Waals surface area (Å²) in [6, 6.07) is 0.545. The van der Waals surface area contributed by atoms with Crippen molar-refractivity contribution in [3.8, 4) is 5.88 Å². The van der Waals surface area contributed by atoms with Gasteiger partial charge in [0.05, 0.1) is 4.88 Å². The number of hydrogen-bond acceptors (Lipinski definition) is 4. The van der Waals surface area contributed by atoms with Gasteiger partial charge in [0.2, 0.25) is 5.88 Å². The average Bonchev–Trinajstić information content (AvgIpc) is 2.50. The first-order chi connectivity index (χ1) is 8.16. The number of rotatable bonds is 3. The van der Waals surface area contributed by atoms with E-state index in [2.05, 4.69) is 24.1 Å². The molecule has 0 unspecified atom stereocenters. The van der Waals surface area contributed by atoms with Crippen LogP contribution in [0.5, 0.6) is 5.88 Å². The summed E-state index contributed by atoms with van der Waals surface area (Å²) >= 11 is 1.60. The predicted octanol–water partition coefficient (Wildman–Crippen LogP) is 4.11. The first-order valence-electron chi connectivity index (χ1n) is 6.63. The summed E-state index contributed by atoms with van der Waals surface area (Å²) in [5, 5.41) is 14.1. The predicted molar refractivity (Wildman–Crippen MR) is 73.0 cm³/mol. The first kappa shape index (κ1) is 12.7. The van der Waals surface area contributed by atoms with Crippen molar-refractivity contribution in [2.45, 2.75) is 64.3 Å². The molecule has 3 nitrogen and oxygen atoms in total. The molecule has 1 aromatic heterocycles. The molecule has 0 radical (unpaired) electrons. The Morgan fingerprint density at radius 3 is 2.41 bits per heavy atom. The molecule has 0 atom stereocenters. The number of aromatic hydroxyl groups is 1. The Morgan fingerprint density at radius 1 is 1.24 bits per heavy atom. The highest BCUT2D eigenvalue weighted by molar-refractivity contribution is 7.16. The SMILES string of the molecule is CC(C)c1sc(NC2CCCCCC2)nc1O. The zero-order chi connectivity index (χ0) is 12.3. The van der Waals surface area contributed by atoms with Crippen molar-refractivity contribution in [1.82, 2.24) is 4.98 Å². The van der Waals surface area contributed by atoms with Crippen LogP contribution >= 0.6 is 11.3 Å². The minimum absolute atomic E-state index is 0.209. The van der Waals surface area contributed by atoms with Gasteiger partial charge in [0.25, 0.3) is 0 Å². The smallest absolute Gasteiger partial charge is 0.227 e. The maximum Gasteiger partial charge on any atom is 0.227 e. The van der Waals surface area contributed by atoms with E-state index in [0.717, 1.165) is 10.0 Å². The van der Waals surface area contributed by atoms with Gasteiger partial charge in [0, 0.05) is 6.04 Å². The summed E-state index contributed by atoms with van der Waals surface area (Å²) in [5.41, 5.74) is 0. The molecule has 1 aliphatic rings. The van der Waals surface area contributed by atoms with Gasteiger partial charge in [-0.05, 0) is 18.8 Å². The zero-order valence-electron chi connectivity index (χ0n) is 10.7. The van der Waals surface area contributed by atoms with Gasteiger partial charge in [0.1, 0.15) is 0 Å². The summed E-state index contributed by atoms with van der Waals surface area (Å²) in [7, 11) is 0. The van der Waals surface area contributed by atoms with Crippen molar-refractivity contribution in [3.05, 3.63) is 4.88 Å². The highest BCUT2D eigenvalue weighted by Crippen LogP contribution is 2.35. The lowest BCUT2D eigenvalue weighted by molar-refractivity contribution is 0.448. The molecule has 2 rings (SSSR count). The third-order valence-corrected chi connectivity index (χ3v) is 4.62. The maximum absolute atomic E-state index is 9.75. The second-order valence-electron chi connectivity index (χ2n) is 5.19. The van der Waals surface area contributed by atoms with E-state index in [1.165, 1.54) is 38.5 Å². The van der Waals surface area contributed by atoms with Crippen LogP contribution in [0.3, 0.4) is 0 Å². The summed E-state index contributed by atoms with van der Waals surface area (Å²) in [6.45, 7) is 4.17. The van der Waals surface area contributed by atoms with Gasteiger partial charge in [-0.15, -0.1) is 0 Å². The maximum atomic E-state index is 9.75. The van der Waals surface area contributed by atoms with E-state index in [4.69, 9.17) is 0 Å². The molecule has 0 aliphatic heterocycles. The molecular formula is C13H22N2OS. The molecule has 1 saturated carbocycles. The van der Waals surface area contributed by atoms with Crippen molar-refractivity contribution in [1.29, 1.82) is 0 Å². The van der Waals surface area contributed by atoms with Crippen LogP contribution in [0, 0.1) is 0 Å². The Hall–Kier alpha value is -0.770. The molecular weight excluding hydrogens is 232 g/mol. The highest BCUT2D eigenvalue weighted by atomic mass is 32.1. The standard InChI is InChI=1S/C13H22N2OS/c1-9(2)11-12(16)15-13(17-11)14-10-7-5-3-4-6-8-10/h9-10,16H,3-8H2,1-2H3,(H,14,15). The number of aromatic nitrogens is 1. The van der Waals surface area contributed by atoms with E-state index >= 15 is 0 Å². The van der Waals surface area contributed by atoms with Crippen LogP contribution in [-0.2, 0) is 0 Å². The number of anilines is 1. The van der Waals surface area contributed by atoms with Gasteiger partial charge < -0.3 is 10.4 Å². The van der Waals surface area contributed by atoms with Crippen LogP contribution in [0.1, 0.15) is 63.2 Å². The Labute approximate surface area is 107 Å². The second kappa shape index (κ2) is 5.71. The van der Waals surface area contributed by atoms with Crippen LogP contribution in [0.4, 0.5) is 5.13 Å². The quantitative estimate of drug-likeness (QED) is 0.798. The topological polar surface area (TPSA) is 45.2 Å². The van der Waals surface area contributed by atoms with Gasteiger partial charge >= 0.3 is 0 Å². The largest absolute Gasteiger partial charge is 0.492 e. The van der Waals surface area contributed by atoms with Crippen LogP contribution < -0.4 is 5.32 Å². The molecule has 0 aromatic carbocycles. The lowest BCUT2D eigenvalue weighted by Crippen LogP contribution is -2.17. The van der Waals surface area contributed by atoms with Gasteiger partial charge in [-0.2, -0.15) is 4.98 Å². The molecule has 2 N–H and O–H groups in total. The first-order valence-corrected chi connectivity index (χ1v) is 7.44. The van der Waals surface area contributed by atoms with E-state index in [1.807, 2.05) is 0 Å². The molecule has 96 valence electrons. The van der Waals surface area contributed by atoms with Crippen LogP contribution in [0.15, 0.2) is 0 Å². The summed E-state index contributed by atoms with van der Waals surface area (Å²) in [4.78, 5) is 5.21. The second-order valence-corrected chi connectivity index (χ2v) is 6.23. The Kier molecular flexibility index (Phi) is 4.26. The highest BCUT2D eigenvalue weighted by Gasteiger charge is 2.17. The normalized spacial score (nSPS) is 18.3. The van der Waals surface area contributed by atoms with Crippen LogP contribution in [0.25, 0.3) is 0 Å². The molecule has 1 aliphatic carbocycles. The van der Waals surface area contributed by atoms with Crippen molar-refractivity contribution in [2.75, 3.05) is 5.32 Å².